The maximum absolute atomic E-state index is 12.4. The van der Waals surface area contributed by atoms with Crippen molar-refractivity contribution >= 4 is 5.91 Å². The van der Waals surface area contributed by atoms with E-state index >= 15 is 0 Å². The summed E-state index contributed by atoms with van der Waals surface area (Å²) >= 11 is 0. The van der Waals surface area contributed by atoms with Gasteiger partial charge in [-0.3, -0.25) is 4.79 Å². The zero-order valence-electron chi connectivity index (χ0n) is 38.2. The molecular weight excluding hydrogens is 687 g/mol. The van der Waals surface area contributed by atoms with Crippen molar-refractivity contribution in [2.75, 3.05) is 6.61 Å². The lowest BCUT2D eigenvalue weighted by atomic mass is 10.0. The zero-order valence-corrected chi connectivity index (χ0v) is 38.2. The van der Waals surface area contributed by atoms with Gasteiger partial charge in [-0.1, -0.05) is 256 Å². The first-order valence-corrected chi connectivity index (χ1v) is 25.6. The van der Waals surface area contributed by atoms with Crippen LogP contribution in [0, 0.1) is 0 Å². The molecule has 2 atom stereocenters. The number of rotatable bonds is 47. The minimum absolute atomic E-state index is 0.0646. The molecule has 0 aromatic heterocycles. The van der Waals surface area contributed by atoms with E-state index in [1.165, 1.54) is 238 Å². The van der Waals surface area contributed by atoms with E-state index in [9.17, 15) is 15.0 Å². The number of nitrogens with one attached hydrogen (secondary N) is 1. The van der Waals surface area contributed by atoms with Crippen molar-refractivity contribution in [1.29, 1.82) is 0 Å². The first-order chi connectivity index (χ1) is 27.7. The molecule has 0 aliphatic rings. The van der Waals surface area contributed by atoms with Crippen LogP contribution in [-0.2, 0) is 4.79 Å². The number of hydrogen-bond acceptors (Lipinski definition) is 3. The van der Waals surface area contributed by atoms with Crippen LogP contribution in [0.4, 0.5) is 0 Å². The van der Waals surface area contributed by atoms with Gasteiger partial charge in [-0.05, 0) is 44.9 Å². The summed E-state index contributed by atoms with van der Waals surface area (Å²) < 4.78 is 0. The van der Waals surface area contributed by atoms with Crippen molar-refractivity contribution in [1.82, 2.24) is 5.32 Å². The molecule has 0 rings (SSSR count). The van der Waals surface area contributed by atoms with E-state index in [1.807, 2.05) is 6.08 Å². The molecule has 4 nitrogen and oxygen atoms in total. The number of carbonyl (C=O) groups excluding carboxylic acids is 1. The van der Waals surface area contributed by atoms with Crippen LogP contribution in [0.2, 0.25) is 0 Å². The van der Waals surface area contributed by atoms with E-state index in [0.717, 1.165) is 25.7 Å². The van der Waals surface area contributed by atoms with E-state index in [0.29, 0.717) is 6.42 Å². The Kier molecular flexibility index (Phi) is 47.3. The number of allylic oxidation sites excluding steroid dienone is 3. The van der Waals surface area contributed by atoms with E-state index in [2.05, 4.69) is 31.3 Å². The maximum Gasteiger partial charge on any atom is 0.220 e. The van der Waals surface area contributed by atoms with E-state index in [-0.39, 0.29) is 12.5 Å². The number of aliphatic hydroxyl groups is 2. The molecule has 0 heterocycles. The number of carbonyl (C=O) groups is 1. The lowest BCUT2D eigenvalue weighted by molar-refractivity contribution is -0.123. The first kappa shape index (κ1) is 54.9. The van der Waals surface area contributed by atoms with Crippen molar-refractivity contribution in [3.05, 3.63) is 24.3 Å². The van der Waals surface area contributed by atoms with Crippen molar-refractivity contribution in [2.24, 2.45) is 0 Å². The lowest BCUT2D eigenvalue weighted by Crippen LogP contribution is -2.45. The number of hydrogen-bond donors (Lipinski definition) is 3. The van der Waals surface area contributed by atoms with Crippen LogP contribution in [0.25, 0.3) is 0 Å². The monoisotopic (exact) mass is 788 g/mol. The Morgan fingerprint density at radius 3 is 0.982 bits per heavy atom. The Morgan fingerprint density at radius 2 is 0.679 bits per heavy atom. The topological polar surface area (TPSA) is 69.6 Å². The van der Waals surface area contributed by atoms with Crippen LogP contribution in [0.1, 0.15) is 284 Å². The summed E-state index contributed by atoms with van der Waals surface area (Å²) in [6, 6.07) is -0.623. The molecule has 0 aromatic carbocycles. The number of aliphatic hydroxyl groups excluding tert-OH is 2. The average Bonchev–Trinajstić information content (AvgIpc) is 3.20. The van der Waals surface area contributed by atoms with Gasteiger partial charge in [0.1, 0.15) is 0 Å². The molecule has 0 bridgehead atoms. The predicted octanol–water partition coefficient (Wildman–Crippen LogP) is 16.4. The SMILES string of the molecule is CCCCCCCCCCC/C=C\CCCCCCCCCC(=O)NC(CO)C(O)/C=C/CCCCCCCCCCCCCCCCCCCCCCCC. The van der Waals surface area contributed by atoms with Gasteiger partial charge >= 0.3 is 0 Å². The van der Waals surface area contributed by atoms with Crippen LogP contribution in [0.5, 0.6) is 0 Å². The van der Waals surface area contributed by atoms with Crippen LogP contribution >= 0.6 is 0 Å². The van der Waals surface area contributed by atoms with Crippen LogP contribution in [0.15, 0.2) is 24.3 Å². The number of amides is 1. The van der Waals surface area contributed by atoms with Crippen LogP contribution in [0.3, 0.4) is 0 Å². The minimum Gasteiger partial charge on any atom is -0.394 e. The summed E-state index contributed by atoms with van der Waals surface area (Å²) in [4.78, 5) is 12.4. The Labute approximate surface area is 351 Å². The van der Waals surface area contributed by atoms with Gasteiger partial charge in [-0.25, -0.2) is 0 Å². The summed E-state index contributed by atoms with van der Waals surface area (Å²) in [5.74, 6) is -0.0646. The highest BCUT2D eigenvalue weighted by molar-refractivity contribution is 5.76. The molecule has 0 saturated carbocycles. The van der Waals surface area contributed by atoms with Crippen LogP contribution in [-0.4, -0.2) is 34.9 Å². The third-order valence-corrected chi connectivity index (χ3v) is 11.9. The van der Waals surface area contributed by atoms with Crippen molar-refractivity contribution < 1.29 is 15.0 Å². The highest BCUT2D eigenvalue weighted by Crippen LogP contribution is 2.17. The molecule has 2 unspecified atom stereocenters. The first-order valence-electron chi connectivity index (χ1n) is 25.6. The highest BCUT2D eigenvalue weighted by Gasteiger charge is 2.18. The molecule has 0 fully saturated rings. The molecule has 0 aromatic rings. The van der Waals surface area contributed by atoms with Gasteiger partial charge in [0.05, 0.1) is 18.8 Å². The Bertz CT molecular complexity index is 810. The van der Waals surface area contributed by atoms with Gasteiger partial charge < -0.3 is 15.5 Å². The fourth-order valence-corrected chi connectivity index (χ4v) is 8.00. The molecule has 0 radical (unpaired) electrons. The van der Waals surface area contributed by atoms with Crippen LogP contribution < -0.4 is 5.32 Å². The summed E-state index contributed by atoms with van der Waals surface area (Å²) in [6.07, 6.45) is 63.1. The Morgan fingerprint density at radius 1 is 0.411 bits per heavy atom. The molecule has 3 N–H and O–H groups in total. The molecule has 1 amide bonds. The highest BCUT2D eigenvalue weighted by atomic mass is 16.3. The molecule has 4 heteroatoms. The standard InChI is InChI=1S/C52H101NO3/c1-3-5-7-9-11-13-15-17-19-21-23-25-26-27-28-29-31-33-35-37-39-41-43-45-47-51(55)50(49-54)53-52(56)48-46-44-42-40-38-36-34-32-30-24-22-20-18-16-14-12-10-8-6-4-2/h24,30,45,47,50-51,54-55H,3-23,25-29,31-44,46,48-49H2,1-2H3,(H,53,56)/b30-24-,47-45+. The molecule has 0 aliphatic heterocycles. The fraction of sp³-hybridized carbons (Fsp3) is 0.904. The molecule has 56 heavy (non-hydrogen) atoms. The van der Waals surface area contributed by atoms with Gasteiger partial charge in [0.2, 0.25) is 5.91 Å². The van der Waals surface area contributed by atoms with E-state index in [4.69, 9.17) is 0 Å². The summed E-state index contributed by atoms with van der Waals surface area (Å²) in [6.45, 7) is 4.34. The second-order valence-electron chi connectivity index (χ2n) is 17.6. The maximum atomic E-state index is 12.4. The minimum atomic E-state index is -0.839. The molecule has 0 saturated heterocycles. The quantitative estimate of drug-likeness (QED) is 0.0425. The lowest BCUT2D eigenvalue weighted by Gasteiger charge is -2.20. The van der Waals surface area contributed by atoms with E-state index < -0.39 is 12.1 Å². The zero-order chi connectivity index (χ0) is 40.7. The predicted molar refractivity (Wildman–Crippen MR) is 249 cm³/mol. The summed E-state index contributed by atoms with van der Waals surface area (Å²) in [7, 11) is 0. The molecule has 0 aliphatic carbocycles. The van der Waals surface area contributed by atoms with E-state index in [1.54, 1.807) is 6.08 Å². The third-order valence-electron chi connectivity index (χ3n) is 11.9. The summed E-state index contributed by atoms with van der Waals surface area (Å²) in [5.41, 5.74) is 0. The van der Waals surface area contributed by atoms with Gasteiger partial charge in [-0.2, -0.15) is 0 Å². The number of unbranched alkanes of at least 4 members (excludes halogenated alkanes) is 38. The second kappa shape index (κ2) is 48.2. The Balaban J connectivity index is 3.51. The molecule has 0 spiro atoms. The van der Waals surface area contributed by atoms with Crippen molar-refractivity contribution in [3.8, 4) is 0 Å². The van der Waals surface area contributed by atoms with Gasteiger partial charge in [0.25, 0.3) is 0 Å². The smallest absolute Gasteiger partial charge is 0.220 e. The third kappa shape index (κ3) is 44.0. The Hall–Kier alpha value is -1.13. The van der Waals surface area contributed by atoms with Gasteiger partial charge in [0, 0.05) is 6.42 Å². The fourth-order valence-electron chi connectivity index (χ4n) is 8.00. The average molecular weight is 788 g/mol. The molecular formula is C52H101NO3. The second-order valence-corrected chi connectivity index (χ2v) is 17.6. The van der Waals surface area contributed by atoms with Crippen molar-refractivity contribution in [3.63, 3.8) is 0 Å². The summed E-state index contributed by atoms with van der Waals surface area (Å²) in [5, 5.41) is 23.1. The largest absolute Gasteiger partial charge is 0.394 e. The molecule has 332 valence electrons. The van der Waals surface area contributed by atoms with Gasteiger partial charge in [0.15, 0.2) is 0 Å². The van der Waals surface area contributed by atoms with Gasteiger partial charge in [-0.15, -0.1) is 0 Å². The normalized spacial score (nSPS) is 13.0. The van der Waals surface area contributed by atoms with Crippen molar-refractivity contribution in [2.45, 2.75) is 296 Å².